The van der Waals surface area contributed by atoms with Gasteiger partial charge < -0.3 is 4.90 Å². The van der Waals surface area contributed by atoms with Crippen LogP contribution < -0.4 is 0 Å². The molecule has 0 amide bonds. The molecule has 1 unspecified atom stereocenters. The maximum absolute atomic E-state index is 4.49. The average molecular weight is 602 g/mol. The molecule has 0 rings (SSSR count). The van der Waals surface area contributed by atoms with E-state index in [1.807, 2.05) is 0 Å². The van der Waals surface area contributed by atoms with Crippen LogP contribution in [0, 0.1) is 11.3 Å². The molecule has 43 heavy (non-hydrogen) atoms. The van der Waals surface area contributed by atoms with E-state index in [0.717, 1.165) is 18.8 Å². The number of unbranched alkanes of at least 4 members (excludes halogenated alkanes) is 18. The van der Waals surface area contributed by atoms with Gasteiger partial charge in [-0.3, -0.25) is 0 Å². The van der Waals surface area contributed by atoms with Crippen LogP contribution in [0.25, 0.3) is 0 Å². The van der Waals surface area contributed by atoms with Crippen molar-refractivity contribution in [2.75, 3.05) is 19.6 Å². The molecule has 0 aromatic rings. The summed E-state index contributed by atoms with van der Waals surface area (Å²) in [5.41, 5.74) is 3.23. The van der Waals surface area contributed by atoms with Gasteiger partial charge in [0.2, 0.25) is 0 Å². The molecule has 0 radical (unpaired) electrons. The minimum atomic E-state index is 0.307. The first kappa shape index (κ1) is 42.4. The molecule has 0 heterocycles. The molecule has 0 N–H and O–H groups in total. The highest BCUT2D eigenvalue weighted by Crippen LogP contribution is 2.34. The summed E-state index contributed by atoms with van der Waals surface area (Å²) in [5.74, 6) is 0.852. The van der Waals surface area contributed by atoms with Gasteiger partial charge in [-0.05, 0) is 82.2 Å². The van der Waals surface area contributed by atoms with E-state index in [-0.39, 0.29) is 0 Å². The lowest BCUT2D eigenvalue weighted by Crippen LogP contribution is -2.30. The van der Waals surface area contributed by atoms with Crippen LogP contribution in [0.4, 0.5) is 0 Å². The molecule has 1 heteroatoms. The monoisotopic (exact) mass is 602 g/mol. The summed E-state index contributed by atoms with van der Waals surface area (Å²) >= 11 is 0. The van der Waals surface area contributed by atoms with E-state index in [1.54, 1.807) is 0 Å². The Morgan fingerprint density at radius 1 is 0.512 bits per heavy atom. The Labute approximate surface area is 274 Å². The minimum Gasteiger partial charge on any atom is -0.303 e. The highest BCUT2D eigenvalue weighted by Gasteiger charge is 2.20. The molecule has 0 aromatic heterocycles. The number of rotatable bonds is 34. The predicted molar refractivity (Wildman–Crippen MR) is 199 cm³/mol. The zero-order chi connectivity index (χ0) is 32.0. The van der Waals surface area contributed by atoms with E-state index < -0.39 is 0 Å². The third-order valence-corrected chi connectivity index (χ3v) is 9.54. The Balaban J connectivity index is 4.14. The predicted octanol–water partition coefficient (Wildman–Crippen LogP) is 14.7. The van der Waals surface area contributed by atoms with E-state index in [1.165, 1.54) is 191 Å². The Morgan fingerprint density at radius 2 is 0.860 bits per heavy atom. The molecule has 1 nitrogen and oxygen atoms in total. The Morgan fingerprint density at radius 3 is 1.28 bits per heavy atom. The van der Waals surface area contributed by atoms with Crippen molar-refractivity contribution in [1.82, 2.24) is 4.90 Å². The second-order valence-electron chi connectivity index (χ2n) is 15.4. The van der Waals surface area contributed by atoms with Crippen LogP contribution in [0.5, 0.6) is 0 Å². The molecule has 0 bridgehead atoms. The van der Waals surface area contributed by atoms with Gasteiger partial charge in [0.15, 0.2) is 0 Å². The topological polar surface area (TPSA) is 3.24 Å². The van der Waals surface area contributed by atoms with Crippen LogP contribution in [0.3, 0.4) is 0 Å². The molecule has 0 spiro atoms. The first-order valence-corrected chi connectivity index (χ1v) is 19.8. The lowest BCUT2D eigenvalue weighted by Gasteiger charge is -2.27. The van der Waals surface area contributed by atoms with Crippen LogP contribution in [0.15, 0.2) is 24.3 Å². The van der Waals surface area contributed by atoms with E-state index in [2.05, 4.69) is 59.6 Å². The van der Waals surface area contributed by atoms with E-state index >= 15 is 0 Å². The van der Waals surface area contributed by atoms with Gasteiger partial charge in [-0.25, -0.2) is 0 Å². The highest BCUT2D eigenvalue weighted by molar-refractivity contribution is 5.04. The van der Waals surface area contributed by atoms with Gasteiger partial charge in [-0.15, -0.1) is 0 Å². The number of allylic oxidation sites excluding steroid dienone is 2. The molecule has 256 valence electrons. The summed E-state index contributed by atoms with van der Waals surface area (Å²) in [7, 11) is 0. The third kappa shape index (κ3) is 29.9. The van der Waals surface area contributed by atoms with Crippen LogP contribution in [-0.4, -0.2) is 24.5 Å². The Hall–Kier alpha value is -0.560. The van der Waals surface area contributed by atoms with Gasteiger partial charge in [-0.2, -0.15) is 0 Å². The second kappa shape index (κ2) is 30.1. The van der Waals surface area contributed by atoms with E-state index in [9.17, 15) is 0 Å². The number of nitrogens with zero attached hydrogens (tertiary/aromatic N) is 1. The maximum atomic E-state index is 4.49. The van der Waals surface area contributed by atoms with Crippen molar-refractivity contribution >= 4 is 0 Å². The lowest BCUT2D eigenvalue weighted by molar-refractivity contribution is 0.220. The largest absolute Gasteiger partial charge is 0.303 e. The van der Waals surface area contributed by atoms with Gasteiger partial charge in [0, 0.05) is 6.54 Å². The van der Waals surface area contributed by atoms with Gasteiger partial charge in [0.1, 0.15) is 0 Å². The third-order valence-electron chi connectivity index (χ3n) is 9.54. The van der Waals surface area contributed by atoms with Crippen molar-refractivity contribution < 1.29 is 0 Å². The van der Waals surface area contributed by atoms with Crippen molar-refractivity contribution in [2.24, 2.45) is 11.3 Å². The molecular weight excluding hydrogens is 518 g/mol. The van der Waals surface area contributed by atoms with Crippen molar-refractivity contribution in [1.29, 1.82) is 0 Å². The zero-order valence-electron chi connectivity index (χ0n) is 31.2. The first-order chi connectivity index (χ1) is 20.7. The molecule has 0 fully saturated rings. The van der Waals surface area contributed by atoms with Gasteiger partial charge in [-0.1, -0.05) is 181 Å². The molecule has 0 aromatic carbocycles. The van der Waals surface area contributed by atoms with E-state index in [4.69, 9.17) is 0 Å². The minimum absolute atomic E-state index is 0.307. The van der Waals surface area contributed by atoms with Crippen molar-refractivity contribution in [3.63, 3.8) is 0 Å². The molecule has 0 saturated carbocycles. The standard InChI is InChI=1S/C42H83N/c1-9-12-15-18-20-22-27-31-39(4)36-42(7,8)37-40(5)32-28-23-21-25-30-35-43(34-29-24-19-16-13-10-2)38-41(6)33-26-17-14-11-3/h41H,4-5,9-38H2,1-3,6-8H3. The van der Waals surface area contributed by atoms with Gasteiger partial charge in [0.25, 0.3) is 0 Å². The van der Waals surface area contributed by atoms with Crippen LogP contribution in [-0.2, 0) is 0 Å². The van der Waals surface area contributed by atoms with Gasteiger partial charge in [0.05, 0.1) is 0 Å². The molecule has 0 aliphatic rings. The summed E-state index contributed by atoms with van der Waals surface area (Å²) in [5, 5.41) is 0. The molecule has 0 aliphatic carbocycles. The van der Waals surface area contributed by atoms with Crippen molar-refractivity contribution in [2.45, 2.75) is 215 Å². The second-order valence-corrected chi connectivity index (χ2v) is 15.4. The van der Waals surface area contributed by atoms with Crippen LogP contribution in [0.1, 0.15) is 215 Å². The number of hydrogen-bond donors (Lipinski definition) is 0. The van der Waals surface area contributed by atoms with Crippen LogP contribution >= 0.6 is 0 Å². The van der Waals surface area contributed by atoms with E-state index in [0.29, 0.717) is 5.41 Å². The summed E-state index contributed by atoms with van der Waals surface area (Å²) in [6.45, 7) is 27.2. The fraction of sp³-hybridized carbons (Fsp3) is 0.905. The molecule has 0 aliphatic heterocycles. The lowest BCUT2D eigenvalue weighted by atomic mass is 9.78. The molecule has 1 atom stereocenters. The highest BCUT2D eigenvalue weighted by atomic mass is 15.1. The Bertz CT molecular complexity index is 616. The first-order valence-electron chi connectivity index (χ1n) is 19.8. The zero-order valence-corrected chi connectivity index (χ0v) is 31.2. The maximum Gasteiger partial charge on any atom is 0.000702 e. The quantitative estimate of drug-likeness (QED) is 0.0524. The normalized spacial score (nSPS) is 12.7. The molecule has 0 saturated heterocycles. The summed E-state index contributed by atoms with van der Waals surface area (Å²) in [6, 6.07) is 0. The van der Waals surface area contributed by atoms with Crippen LogP contribution in [0.2, 0.25) is 0 Å². The smallest absolute Gasteiger partial charge is 0.000702 e. The van der Waals surface area contributed by atoms with Gasteiger partial charge >= 0.3 is 0 Å². The summed E-state index contributed by atoms with van der Waals surface area (Å²) in [4.78, 5) is 2.83. The van der Waals surface area contributed by atoms with Crippen molar-refractivity contribution in [3.8, 4) is 0 Å². The van der Waals surface area contributed by atoms with Crippen molar-refractivity contribution in [3.05, 3.63) is 24.3 Å². The SMILES string of the molecule is C=C(CCCCCCCCC)CC(C)(C)CC(=C)CCCCCCCN(CCCCCCCC)CC(C)CCCCCC. The fourth-order valence-electron chi connectivity index (χ4n) is 7.03. The molecular formula is C42H83N. The fourth-order valence-corrected chi connectivity index (χ4v) is 7.03. The number of hydrogen-bond acceptors (Lipinski definition) is 1. The summed E-state index contributed by atoms with van der Waals surface area (Å²) in [6.07, 6.45) is 36.8. The summed E-state index contributed by atoms with van der Waals surface area (Å²) < 4.78 is 0. The Kier molecular flexibility index (Phi) is 29.7. The average Bonchev–Trinajstić information content (AvgIpc) is 2.95.